The summed E-state index contributed by atoms with van der Waals surface area (Å²) in [4.78, 5) is 20.5. The molecule has 1 aliphatic rings. The van der Waals surface area contributed by atoms with Crippen molar-refractivity contribution in [2.45, 2.75) is 46.5 Å². The SMILES string of the molecule is CC(C)(C)C1CCC(=NNc2ccc([N+](=O)[O-])cc2[N+](=O)[O-])CC1. The van der Waals surface area contributed by atoms with Crippen LogP contribution in [-0.4, -0.2) is 15.6 Å². The molecule has 24 heavy (non-hydrogen) atoms. The van der Waals surface area contributed by atoms with Crippen LogP contribution in [0.1, 0.15) is 46.5 Å². The maximum absolute atomic E-state index is 11.1. The van der Waals surface area contributed by atoms with E-state index in [9.17, 15) is 20.2 Å². The number of nitro groups is 2. The van der Waals surface area contributed by atoms with Gasteiger partial charge in [0, 0.05) is 11.8 Å². The Morgan fingerprint density at radius 3 is 2.25 bits per heavy atom. The van der Waals surface area contributed by atoms with Crippen LogP contribution in [0.5, 0.6) is 0 Å². The minimum absolute atomic E-state index is 0.163. The lowest BCUT2D eigenvalue weighted by Gasteiger charge is -2.34. The molecule has 1 saturated carbocycles. The number of benzene rings is 1. The lowest BCUT2D eigenvalue weighted by molar-refractivity contribution is -0.393. The molecule has 0 radical (unpaired) electrons. The van der Waals surface area contributed by atoms with Crippen molar-refractivity contribution in [1.29, 1.82) is 0 Å². The Hall–Kier alpha value is -2.51. The molecule has 0 bridgehead atoms. The van der Waals surface area contributed by atoms with Gasteiger partial charge in [0.1, 0.15) is 5.69 Å². The Bertz CT molecular complexity index is 669. The van der Waals surface area contributed by atoms with E-state index >= 15 is 0 Å². The number of hydrogen-bond acceptors (Lipinski definition) is 6. The maximum atomic E-state index is 11.1. The molecule has 0 unspecified atom stereocenters. The monoisotopic (exact) mass is 334 g/mol. The number of rotatable bonds is 4. The highest BCUT2D eigenvalue weighted by molar-refractivity contribution is 5.86. The van der Waals surface area contributed by atoms with Crippen LogP contribution in [0, 0.1) is 31.6 Å². The molecule has 8 nitrogen and oxygen atoms in total. The van der Waals surface area contributed by atoms with Crippen molar-refractivity contribution >= 4 is 22.8 Å². The summed E-state index contributed by atoms with van der Waals surface area (Å²) in [6, 6.07) is 3.49. The first-order valence-electron chi connectivity index (χ1n) is 7.93. The summed E-state index contributed by atoms with van der Waals surface area (Å²) in [6.07, 6.45) is 3.81. The van der Waals surface area contributed by atoms with E-state index in [1.165, 1.54) is 12.1 Å². The van der Waals surface area contributed by atoms with Gasteiger partial charge in [0.15, 0.2) is 0 Å². The third-order valence-electron chi connectivity index (χ3n) is 4.51. The highest BCUT2D eigenvalue weighted by Crippen LogP contribution is 2.37. The zero-order valence-electron chi connectivity index (χ0n) is 14.1. The largest absolute Gasteiger partial charge is 0.301 e. The summed E-state index contributed by atoms with van der Waals surface area (Å²) < 4.78 is 0. The lowest BCUT2D eigenvalue weighted by atomic mass is 9.72. The second kappa shape index (κ2) is 6.94. The fourth-order valence-electron chi connectivity index (χ4n) is 2.95. The molecule has 0 aliphatic heterocycles. The van der Waals surface area contributed by atoms with E-state index in [0.29, 0.717) is 5.92 Å². The molecule has 0 atom stereocenters. The second-order valence-corrected chi connectivity index (χ2v) is 7.15. The number of nitrogens with one attached hydrogen (secondary N) is 1. The first-order chi connectivity index (χ1) is 11.2. The molecular formula is C16H22N4O4. The van der Waals surface area contributed by atoms with Crippen LogP contribution >= 0.6 is 0 Å². The number of hydrazone groups is 1. The predicted octanol–water partition coefficient (Wildman–Crippen LogP) is 4.51. The zero-order chi connectivity index (χ0) is 17.9. The van der Waals surface area contributed by atoms with Crippen molar-refractivity contribution in [2.24, 2.45) is 16.4 Å². The van der Waals surface area contributed by atoms with Gasteiger partial charge in [0.05, 0.1) is 15.9 Å². The van der Waals surface area contributed by atoms with Crippen LogP contribution in [0.4, 0.5) is 17.1 Å². The van der Waals surface area contributed by atoms with Gasteiger partial charge in [-0.2, -0.15) is 5.10 Å². The Labute approximate surface area is 140 Å². The number of non-ortho nitro benzene ring substituents is 1. The predicted molar refractivity (Wildman–Crippen MR) is 92.2 cm³/mol. The third-order valence-corrected chi connectivity index (χ3v) is 4.51. The van der Waals surface area contributed by atoms with E-state index in [2.05, 4.69) is 31.3 Å². The normalized spacial score (nSPS) is 18.1. The third kappa shape index (κ3) is 4.27. The summed E-state index contributed by atoms with van der Waals surface area (Å²) in [5.74, 6) is 0.644. The van der Waals surface area contributed by atoms with Crippen LogP contribution in [0.25, 0.3) is 0 Å². The van der Waals surface area contributed by atoms with E-state index in [1.54, 1.807) is 0 Å². The van der Waals surface area contributed by atoms with Crippen molar-refractivity contribution in [2.75, 3.05) is 5.43 Å². The molecule has 0 spiro atoms. The van der Waals surface area contributed by atoms with Gasteiger partial charge < -0.3 is 0 Å². The highest BCUT2D eigenvalue weighted by atomic mass is 16.6. The Kier molecular flexibility index (Phi) is 5.16. The van der Waals surface area contributed by atoms with Gasteiger partial charge in [-0.1, -0.05) is 20.8 Å². The Balaban J connectivity index is 2.09. The smallest absolute Gasteiger partial charge is 0.272 e. The molecule has 8 heteroatoms. The van der Waals surface area contributed by atoms with Gasteiger partial charge in [-0.05, 0) is 43.1 Å². The van der Waals surface area contributed by atoms with E-state index in [4.69, 9.17) is 0 Å². The maximum Gasteiger partial charge on any atom is 0.301 e. The number of anilines is 1. The topological polar surface area (TPSA) is 111 Å². The minimum Gasteiger partial charge on any atom is -0.272 e. The lowest BCUT2D eigenvalue weighted by Crippen LogP contribution is -2.26. The van der Waals surface area contributed by atoms with Crippen LogP contribution in [0.3, 0.4) is 0 Å². The van der Waals surface area contributed by atoms with Crippen LogP contribution in [-0.2, 0) is 0 Å². The summed E-state index contributed by atoms with van der Waals surface area (Å²) in [5.41, 5.74) is 3.46. The van der Waals surface area contributed by atoms with Crippen molar-refractivity contribution in [3.63, 3.8) is 0 Å². The highest BCUT2D eigenvalue weighted by Gasteiger charge is 2.28. The number of hydrogen-bond donors (Lipinski definition) is 1. The van der Waals surface area contributed by atoms with Gasteiger partial charge in [0.25, 0.3) is 5.69 Å². The molecule has 1 aromatic carbocycles. The van der Waals surface area contributed by atoms with Crippen LogP contribution in [0.15, 0.2) is 23.3 Å². The van der Waals surface area contributed by atoms with Gasteiger partial charge in [0.2, 0.25) is 0 Å². The zero-order valence-corrected chi connectivity index (χ0v) is 14.1. The van der Waals surface area contributed by atoms with Crippen molar-refractivity contribution in [1.82, 2.24) is 0 Å². The number of nitro benzene ring substituents is 2. The molecule has 0 aromatic heterocycles. The average Bonchev–Trinajstić information content (AvgIpc) is 2.52. The quantitative estimate of drug-likeness (QED) is 0.643. The molecular weight excluding hydrogens is 312 g/mol. The fraction of sp³-hybridized carbons (Fsp3) is 0.562. The fourth-order valence-corrected chi connectivity index (χ4v) is 2.95. The van der Waals surface area contributed by atoms with Crippen molar-refractivity contribution in [3.8, 4) is 0 Å². The molecule has 1 fully saturated rings. The van der Waals surface area contributed by atoms with E-state index < -0.39 is 9.85 Å². The summed E-state index contributed by atoms with van der Waals surface area (Å²) in [5, 5.41) is 26.1. The van der Waals surface area contributed by atoms with E-state index in [-0.39, 0.29) is 22.5 Å². The summed E-state index contributed by atoms with van der Waals surface area (Å²) >= 11 is 0. The second-order valence-electron chi connectivity index (χ2n) is 7.15. The molecule has 0 amide bonds. The molecule has 130 valence electrons. The summed E-state index contributed by atoms with van der Waals surface area (Å²) in [7, 11) is 0. The van der Waals surface area contributed by atoms with Crippen LogP contribution < -0.4 is 5.43 Å². The first-order valence-corrected chi connectivity index (χ1v) is 7.93. The molecule has 1 N–H and O–H groups in total. The standard InChI is InChI=1S/C16H22N4O4/c1-16(2,3)11-4-6-12(7-5-11)17-18-14-9-8-13(19(21)22)10-15(14)20(23)24/h8-11,18H,4-7H2,1-3H3. The molecule has 2 rings (SSSR count). The van der Waals surface area contributed by atoms with Gasteiger partial charge in [-0.3, -0.25) is 25.7 Å². The molecule has 1 aliphatic carbocycles. The van der Waals surface area contributed by atoms with E-state index in [1.807, 2.05) is 0 Å². The molecule has 0 heterocycles. The van der Waals surface area contributed by atoms with E-state index in [0.717, 1.165) is 37.5 Å². The number of nitrogens with zero attached hydrogens (tertiary/aromatic N) is 3. The van der Waals surface area contributed by atoms with Gasteiger partial charge in [-0.25, -0.2) is 0 Å². The average molecular weight is 334 g/mol. The first kappa shape index (κ1) is 17.8. The van der Waals surface area contributed by atoms with Crippen LogP contribution in [0.2, 0.25) is 0 Å². The van der Waals surface area contributed by atoms with Crippen molar-refractivity contribution < 1.29 is 9.85 Å². The molecule has 0 saturated heterocycles. The Morgan fingerprint density at radius 1 is 1.12 bits per heavy atom. The van der Waals surface area contributed by atoms with Gasteiger partial charge in [-0.15, -0.1) is 0 Å². The minimum atomic E-state index is -0.656. The Morgan fingerprint density at radius 2 is 1.75 bits per heavy atom. The molecule has 1 aromatic rings. The van der Waals surface area contributed by atoms with Crippen molar-refractivity contribution in [3.05, 3.63) is 38.4 Å². The van der Waals surface area contributed by atoms with Gasteiger partial charge >= 0.3 is 5.69 Å². The summed E-state index contributed by atoms with van der Waals surface area (Å²) in [6.45, 7) is 6.70.